The van der Waals surface area contributed by atoms with E-state index < -0.39 is 35.7 Å². The van der Waals surface area contributed by atoms with E-state index in [2.05, 4.69) is 21.3 Å². The van der Waals surface area contributed by atoms with Crippen molar-refractivity contribution >= 4 is 23.8 Å². The number of hydrogen-bond donors (Lipinski definition) is 5. The quantitative estimate of drug-likeness (QED) is 0.173. The van der Waals surface area contributed by atoms with E-state index >= 15 is 0 Å². The van der Waals surface area contributed by atoms with Crippen molar-refractivity contribution in [3.8, 4) is 0 Å². The average molecular weight is 611 g/mol. The third kappa shape index (κ3) is 15.0. The van der Waals surface area contributed by atoms with E-state index in [4.69, 9.17) is 4.74 Å². The number of ether oxygens (including phenoxy) is 1. The molecular formula is C34H50N4O6. The minimum Gasteiger partial charge on any atom is -0.444 e. The van der Waals surface area contributed by atoms with Crippen LogP contribution < -0.4 is 21.3 Å². The number of hydrogen-bond acceptors (Lipinski definition) is 6. The second kappa shape index (κ2) is 18.7. The van der Waals surface area contributed by atoms with Gasteiger partial charge in [0.1, 0.15) is 17.7 Å². The molecule has 0 aliphatic heterocycles. The van der Waals surface area contributed by atoms with Crippen molar-refractivity contribution in [1.82, 2.24) is 21.3 Å². The summed E-state index contributed by atoms with van der Waals surface area (Å²) >= 11 is 0. The topological polar surface area (TPSA) is 146 Å². The maximum absolute atomic E-state index is 13.6. The van der Waals surface area contributed by atoms with Crippen molar-refractivity contribution in [2.45, 2.75) is 96.9 Å². The van der Waals surface area contributed by atoms with Crippen molar-refractivity contribution < 1.29 is 29.0 Å². The highest BCUT2D eigenvalue weighted by atomic mass is 16.6. The Hall–Kier alpha value is -3.92. The first kappa shape index (κ1) is 36.3. The second-order valence-corrected chi connectivity index (χ2v) is 12.5. The van der Waals surface area contributed by atoms with Crippen LogP contribution in [0.5, 0.6) is 0 Å². The van der Waals surface area contributed by atoms with Gasteiger partial charge in [0, 0.05) is 19.4 Å². The molecule has 10 heteroatoms. The van der Waals surface area contributed by atoms with Gasteiger partial charge in [-0.1, -0.05) is 74.5 Å². The lowest BCUT2D eigenvalue weighted by atomic mass is 10.00. The molecule has 5 N–H and O–H groups in total. The SMILES string of the molecule is CC(C)C[C@H](NC(=O)[C@H](Cc1ccccc1)NC(=O)CCCCNC(=O)OC(C)(C)C)C(=O)N[C@H](CO)Cc1ccccc1. The zero-order valence-corrected chi connectivity index (χ0v) is 26.7. The molecule has 0 fully saturated rings. The highest BCUT2D eigenvalue weighted by Gasteiger charge is 2.29. The summed E-state index contributed by atoms with van der Waals surface area (Å²) in [6.07, 6.45) is 1.82. The van der Waals surface area contributed by atoms with Crippen molar-refractivity contribution in [3.05, 3.63) is 71.8 Å². The van der Waals surface area contributed by atoms with Crippen molar-refractivity contribution in [1.29, 1.82) is 0 Å². The molecule has 44 heavy (non-hydrogen) atoms. The molecule has 0 aromatic heterocycles. The second-order valence-electron chi connectivity index (χ2n) is 12.5. The molecule has 0 spiro atoms. The molecule has 2 rings (SSSR count). The number of benzene rings is 2. The van der Waals surface area contributed by atoms with Crippen molar-refractivity contribution in [2.75, 3.05) is 13.2 Å². The van der Waals surface area contributed by atoms with Crippen LogP contribution in [0.2, 0.25) is 0 Å². The summed E-state index contributed by atoms with van der Waals surface area (Å²) in [5.41, 5.74) is 1.25. The van der Waals surface area contributed by atoms with E-state index in [9.17, 15) is 24.3 Å². The van der Waals surface area contributed by atoms with Crippen LogP contribution in [0.4, 0.5) is 4.79 Å². The zero-order chi connectivity index (χ0) is 32.5. The number of aliphatic hydroxyl groups excluding tert-OH is 1. The molecule has 3 atom stereocenters. The lowest BCUT2D eigenvalue weighted by Crippen LogP contribution is -2.56. The number of alkyl carbamates (subject to hydrolysis) is 1. The third-order valence-electron chi connectivity index (χ3n) is 6.66. The molecule has 0 bridgehead atoms. The maximum atomic E-state index is 13.6. The summed E-state index contributed by atoms with van der Waals surface area (Å²) in [7, 11) is 0. The molecular weight excluding hydrogens is 560 g/mol. The number of amides is 4. The van der Waals surface area contributed by atoms with Crippen LogP contribution in [0, 0.1) is 5.92 Å². The Balaban J connectivity index is 2.02. The fourth-order valence-corrected chi connectivity index (χ4v) is 4.58. The molecule has 0 unspecified atom stereocenters. The monoisotopic (exact) mass is 610 g/mol. The Bertz CT molecular complexity index is 1170. The van der Waals surface area contributed by atoms with Crippen LogP contribution in [0.3, 0.4) is 0 Å². The molecule has 0 aliphatic carbocycles. The number of unbranched alkanes of at least 4 members (excludes halogenated alkanes) is 1. The van der Waals surface area contributed by atoms with E-state index in [0.717, 1.165) is 11.1 Å². The van der Waals surface area contributed by atoms with Gasteiger partial charge in [-0.2, -0.15) is 0 Å². The molecule has 0 saturated heterocycles. The smallest absolute Gasteiger partial charge is 0.407 e. The van der Waals surface area contributed by atoms with Gasteiger partial charge in [-0.3, -0.25) is 14.4 Å². The van der Waals surface area contributed by atoms with E-state index in [1.807, 2.05) is 74.5 Å². The van der Waals surface area contributed by atoms with Gasteiger partial charge < -0.3 is 31.1 Å². The first-order valence-electron chi connectivity index (χ1n) is 15.4. The summed E-state index contributed by atoms with van der Waals surface area (Å²) in [6.45, 7) is 9.39. The Morgan fingerprint density at radius 3 is 1.89 bits per heavy atom. The van der Waals surface area contributed by atoms with Gasteiger partial charge in [-0.05, 0) is 63.5 Å². The van der Waals surface area contributed by atoms with Crippen LogP contribution in [0.15, 0.2) is 60.7 Å². The third-order valence-corrected chi connectivity index (χ3v) is 6.66. The summed E-state index contributed by atoms with van der Waals surface area (Å²) in [4.78, 5) is 51.6. The summed E-state index contributed by atoms with van der Waals surface area (Å²) in [5, 5.41) is 21.2. The van der Waals surface area contributed by atoms with Gasteiger partial charge in [0.15, 0.2) is 0 Å². The molecule has 2 aromatic rings. The van der Waals surface area contributed by atoms with Gasteiger partial charge in [-0.15, -0.1) is 0 Å². The van der Waals surface area contributed by atoms with Crippen LogP contribution in [0.1, 0.15) is 71.4 Å². The average Bonchev–Trinajstić information content (AvgIpc) is 2.95. The van der Waals surface area contributed by atoms with Gasteiger partial charge in [0.25, 0.3) is 0 Å². The van der Waals surface area contributed by atoms with Crippen molar-refractivity contribution in [3.63, 3.8) is 0 Å². The predicted molar refractivity (Wildman–Crippen MR) is 171 cm³/mol. The first-order valence-corrected chi connectivity index (χ1v) is 15.4. The Morgan fingerprint density at radius 2 is 1.34 bits per heavy atom. The van der Waals surface area contributed by atoms with E-state index in [1.54, 1.807) is 20.8 Å². The number of rotatable bonds is 17. The molecule has 10 nitrogen and oxygen atoms in total. The molecule has 0 saturated carbocycles. The standard InChI is InChI=1S/C34H50N4O6/c1-24(2)20-28(31(41)36-27(23-39)21-25-14-8-6-9-15-25)38-32(42)29(22-26-16-10-7-11-17-26)37-30(40)18-12-13-19-35-33(43)44-34(3,4)5/h6-11,14-17,24,27-29,39H,12-13,18-23H2,1-5H3,(H,35,43)(H,36,41)(H,37,40)(H,38,42)/t27-,28-,29-/m0/s1. The number of aliphatic hydroxyl groups is 1. The molecule has 0 aliphatic rings. The lowest BCUT2D eigenvalue weighted by molar-refractivity contribution is -0.132. The van der Waals surface area contributed by atoms with E-state index in [-0.39, 0.29) is 37.2 Å². The molecule has 4 amide bonds. The fraction of sp³-hybridized carbons (Fsp3) is 0.529. The molecule has 2 aromatic carbocycles. The Labute approximate surface area is 261 Å². The highest BCUT2D eigenvalue weighted by Crippen LogP contribution is 2.11. The normalized spacial score (nSPS) is 13.3. The number of nitrogens with one attached hydrogen (secondary N) is 4. The van der Waals surface area contributed by atoms with Crippen molar-refractivity contribution in [2.24, 2.45) is 5.92 Å². The largest absolute Gasteiger partial charge is 0.444 e. The van der Waals surface area contributed by atoms with Gasteiger partial charge in [-0.25, -0.2) is 4.79 Å². The Kier molecular flexibility index (Phi) is 15.4. The van der Waals surface area contributed by atoms with Gasteiger partial charge in [0.05, 0.1) is 12.6 Å². The predicted octanol–water partition coefficient (Wildman–Crippen LogP) is 3.66. The lowest BCUT2D eigenvalue weighted by Gasteiger charge is -2.26. The summed E-state index contributed by atoms with van der Waals surface area (Å²) < 4.78 is 5.21. The van der Waals surface area contributed by atoms with Gasteiger partial charge >= 0.3 is 6.09 Å². The van der Waals surface area contributed by atoms with Crippen LogP contribution >= 0.6 is 0 Å². The minimum absolute atomic E-state index is 0.101. The molecule has 0 radical (unpaired) electrons. The van der Waals surface area contributed by atoms with Crippen LogP contribution in [-0.4, -0.2) is 65.8 Å². The maximum Gasteiger partial charge on any atom is 0.407 e. The summed E-state index contributed by atoms with van der Waals surface area (Å²) in [6, 6.07) is 16.6. The van der Waals surface area contributed by atoms with Crippen LogP contribution in [0.25, 0.3) is 0 Å². The number of carbonyl (C=O) groups is 4. The minimum atomic E-state index is -0.898. The van der Waals surface area contributed by atoms with Crippen LogP contribution in [-0.2, 0) is 32.0 Å². The fourth-order valence-electron chi connectivity index (χ4n) is 4.58. The van der Waals surface area contributed by atoms with E-state index in [1.165, 1.54) is 0 Å². The Morgan fingerprint density at radius 1 is 0.773 bits per heavy atom. The molecule has 242 valence electrons. The summed E-state index contributed by atoms with van der Waals surface area (Å²) in [5.74, 6) is -1.04. The number of carbonyl (C=O) groups excluding carboxylic acids is 4. The molecule has 0 heterocycles. The zero-order valence-electron chi connectivity index (χ0n) is 26.7. The first-order chi connectivity index (χ1) is 20.9. The van der Waals surface area contributed by atoms with Gasteiger partial charge in [0.2, 0.25) is 17.7 Å². The highest BCUT2D eigenvalue weighted by molar-refractivity contribution is 5.92. The van der Waals surface area contributed by atoms with E-state index in [0.29, 0.717) is 32.2 Å².